The maximum Gasteiger partial charge on any atom is 0.409 e. The molecule has 1 aromatic heterocycles. The molecule has 2 aromatic rings. The van der Waals surface area contributed by atoms with E-state index in [0.717, 1.165) is 29.7 Å². The van der Waals surface area contributed by atoms with Crippen LogP contribution >= 0.6 is 0 Å². The zero-order chi connectivity index (χ0) is 14.3. The number of amides is 1. The molecular formula is C14H15N3O3. The standard InChI is InChI=1S/C14H15N3O3/c1-17-12(11(8-15-17)14(20)6-7-14)9-2-4-10(5-3-9)16-13(18)19/h2-5,8,16,20H,6-7H2,1H3,(H,18,19). The minimum atomic E-state index is -1.09. The number of carboxylic acid groups (broad SMARTS) is 1. The highest BCUT2D eigenvalue weighted by atomic mass is 16.4. The van der Waals surface area contributed by atoms with Crippen LogP contribution in [0, 0.1) is 0 Å². The number of nitrogens with one attached hydrogen (secondary N) is 1. The van der Waals surface area contributed by atoms with Gasteiger partial charge in [0.2, 0.25) is 0 Å². The van der Waals surface area contributed by atoms with Crippen molar-refractivity contribution in [3.63, 3.8) is 0 Å². The predicted octanol–water partition coefficient (Wildman–Crippen LogP) is 2.16. The Bertz CT molecular complexity index is 657. The molecule has 3 rings (SSSR count). The Balaban J connectivity index is 1.97. The summed E-state index contributed by atoms with van der Waals surface area (Å²) in [4.78, 5) is 10.6. The van der Waals surface area contributed by atoms with Gasteiger partial charge in [0.25, 0.3) is 0 Å². The van der Waals surface area contributed by atoms with Crippen LogP contribution in [0.1, 0.15) is 18.4 Å². The molecule has 1 aromatic carbocycles. The SMILES string of the molecule is Cn1ncc(C2(O)CC2)c1-c1ccc(NC(=O)O)cc1. The lowest BCUT2D eigenvalue weighted by molar-refractivity contribution is 0.152. The molecule has 1 amide bonds. The summed E-state index contributed by atoms with van der Waals surface area (Å²) in [6, 6.07) is 7.02. The maximum absolute atomic E-state index is 10.6. The van der Waals surface area contributed by atoms with Gasteiger partial charge in [-0.3, -0.25) is 10.00 Å². The van der Waals surface area contributed by atoms with Crippen molar-refractivity contribution in [3.05, 3.63) is 36.0 Å². The zero-order valence-electron chi connectivity index (χ0n) is 11.0. The van der Waals surface area contributed by atoms with Crippen molar-refractivity contribution in [2.75, 3.05) is 5.32 Å². The molecule has 1 heterocycles. The molecule has 3 N–H and O–H groups in total. The van der Waals surface area contributed by atoms with E-state index in [2.05, 4.69) is 10.4 Å². The van der Waals surface area contributed by atoms with Crippen molar-refractivity contribution in [2.45, 2.75) is 18.4 Å². The molecule has 0 radical (unpaired) electrons. The number of benzene rings is 1. The smallest absolute Gasteiger partial charge is 0.409 e. The molecule has 1 saturated carbocycles. The summed E-state index contributed by atoms with van der Waals surface area (Å²) in [5, 5.41) is 25.5. The number of anilines is 1. The van der Waals surface area contributed by atoms with Crippen molar-refractivity contribution in [3.8, 4) is 11.3 Å². The normalized spacial score (nSPS) is 15.9. The van der Waals surface area contributed by atoms with Gasteiger partial charge in [-0.05, 0) is 25.0 Å². The molecule has 0 unspecified atom stereocenters. The van der Waals surface area contributed by atoms with Gasteiger partial charge >= 0.3 is 6.09 Å². The fourth-order valence-corrected chi connectivity index (χ4v) is 2.34. The molecule has 0 aliphatic heterocycles. The van der Waals surface area contributed by atoms with E-state index in [9.17, 15) is 9.90 Å². The maximum atomic E-state index is 10.6. The quantitative estimate of drug-likeness (QED) is 0.799. The Morgan fingerprint density at radius 1 is 1.35 bits per heavy atom. The van der Waals surface area contributed by atoms with Crippen molar-refractivity contribution in [2.24, 2.45) is 7.05 Å². The summed E-state index contributed by atoms with van der Waals surface area (Å²) in [6.45, 7) is 0. The Morgan fingerprint density at radius 3 is 2.55 bits per heavy atom. The highest BCUT2D eigenvalue weighted by Gasteiger charge is 2.45. The molecule has 1 aliphatic rings. The molecule has 1 aliphatic carbocycles. The summed E-state index contributed by atoms with van der Waals surface area (Å²) in [5.74, 6) is 0. The van der Waals surface area contributed by atoms with E-state index in [0.29, 0.717) is 5.69 Å². The van der Waals surface area contributed by atoms with Crippen LogP contribution in [0.25, 0.3) is 11.3 Å². The highest BCUT2D eigenvalue weighted by Crippen LogP contribution is 2.48. The number of nitrogens with zero attached hydrogens (tertiary/aromatic N) is 2. The predicted molar refractivity (Wildman–Crippen MR) is 73.4 cm³/mol. The van der Waals surface area contributed by atoms with Crippen LogP contribution in [-0.2, 0) is 12.6 Å². The number of carbonyl (C=O) groups is 1. The first-order valence-electron chi connectivity index (χ1n) is 6.35. The summed E-state index contributed by atoms with van der Waals surface area (Å²) >= 11 is 0. The number of aryl methyl sites for hydroxylation is 1. The number of rotatable bonds is 3. The molecule has 0 atom stereocenters. The van der Waals surface area contributed by atoms with Crippen LogP contribution in [0.2, 0.25) is 0 Å². The molecule has 0 saturated heterocycles. The van der Waals surface area contributed by atoms with Crippen LogP contribution in [0.4, 0.5) is 10.5 Å². The second kappa shape index (κ2) is 4.35. The summed E-state index contributed by atoms with van der Waals surface area (Å²) in [6.07, 6.45) is 2.12. The van der Waals surface area contributed by atoms with Crippen LogP contribution in [0.15, 0.2) is 30.5 Å². The van der Waals surface area contributed by atoms with Gasteiger partial charge in [-0.25, -0.2) is 4.79 Å². The first-order valence-corrected chi connectivity index (χ1v) is 6.35. The van der Waals surface area contributed by atoms with Gasteiger partial charge in [0, 0.05) is 23.9 Å². The van der Waals surface area contributed by atoms with Gasteiger partial charge in [0.05, 0.1) is 17.5 Å². The average Bonchev–Trinajstić information content (AvgIpc) is 3.01. The minimum Gasteiger partial charge on any atom is -0.465 e. The number of aliphatic hydroxyl groups is 1. The third-order valence-electron chi connectivity index (χ3n) is 3.57. The minimum absolute atomic E-state index is 0.509. The van der Waals surface area contributed by atoms with Crippen molar-refractivity contribution in [1.82, 2.24) is 9.78 Å². The Hall–Kier alpha value is -2.34. The molecule has 104 valence electrons. The number of hydrogen-bond acceptors (Lipinski definition) is 3. The van der Waals surface area contributed by atoms with Gasteiger partial charge in [-0.1, -0.05) is 12.1 Å². The van der Waals surface area contributed by atoms with E-state index < -0.39 is 11.7 Å². The summed E-state index contributed by atoms with van der Waals surface area (Å²) in [5.41, 5.74) is 2.36. The van der Waals surface area contributed by atoms with Crippen LogP contribution in [-0.4, -0.2) is 26.1 Å². The second-order valence-electron chi connectivity index (χ2n) is 5.07. The highest BCUT2D eigenvalue weighted by molar-refractivity contribution is 5.83. The van der Waals surface area contributed by atoms with E-state index in [1.807, 2.05) is 19.2 Å². The molecular weight excluding hydrogens is 258 g/mol. The monoisotopic (exact) mass is 273 g/mol. The first kappa shape index (κ1) is 12.7. The zero-order valence-corrected chi connectivity index (χ0v) is 11.0. The number of hydrogen-bond donors (Lipinski definition) is 3. The van der Waals surface area contributed by atoms with Gasteiger partial charge in [-0.2, -0.15) is 5.10 Å². The Labute approximate surface area is 115 Å². The topological polar surface area (TPSA) is 87.4 Å². The fraction of sp³-hybridized carbons (Fsp3) is 0.286. The first-order chi connectivity index (χ1) is 9.49. The van der Waals surface area contributed by atoms with Crippen molar-refractivity contribution < 1.29 is 15.0 Å². The second-order valence-corrected chi connectivity index (χ2v) is 5.07. The Morgan fingerprint density at radius 2 is 2.00 bits per heavy atom. The largest absolute Gasteiger partial charge is 0.465 e. The van der Waals surface area contributed by atoms with Crippen LogP contribution in [0.5, 0.6) is 0 Å². The average molecular weight is 273 g/mol. The van der Waals surface area contributed by atoms with E-state index in [1.54, 1.807) is 23.0 Å². The van der Waals surface area contributed by atoms with Gasteiger partial charge in [0.1, 0.15) is 0 Å². The van der Waals surface area contributed by atoms with E-state index in [1.165, 1.54) is 0 Å². The molecule has 0 spiro atoms. The van der Waals surface area contributed by atoms with Gasteiger partial charge < -0.3 is 10.2 Å². The number of aromatic nitrogens is 2. The molecule has 6 nitrogen and oxygen atoms in total. The van der Waals surface area contributed by atoms with Gasteiger partial charge in [-0.15, -0.1) is 0 Å². The van der Waals surface area contributed by atoms with Crippen LogP contribution in [0.3, 0.4) is 0 Å². The lowest BCUT2D eigenvalue weighted by Crippen LogP contribution is -2.08. The summed E-state index contributed by atoms with van der Waals surface area (Å²) < 4.78 is 1.73. The van der Waals surface area contributed by atoms with E-state index >= 15 is 0 Å². The lowest BCUT2D eigenvalue weighted by atomic mass is 10.0. The van der Waals surface area contributed by atoms with E-state index in [-0.39, 0.29) is 0 Å². The van der Waals surface area contributed by atoms with Crippen LogP contribution < -0.4 is 5.32 Å². The third kappa shape index (κ3) is 2.14. The molecule has 0 bridgehead atoms. The third-order valence-corrected chi connectivity index (χ3v) is 3.57. The summed E-state index contributed by atoms with van der Waals surface area (Å²) in [7, 11) is 1.83. The molecule has 20 heavy (non-hydrogen) atoms. The van der Waals surface area contributed by atoms with E-state index in [4.69, 9.17) is 5.11 Å². The van der Waals surface area contributed by atoms with Gasteiger partial charge in [0.15, 0.2) is 0 Å². The molecule has 6 heteroatoms. The van der Waals surface area contributed by atoms with Crippen molar-refractivity contribution in [1.29, 1.82) is 0 Å². The molecule has 1 fully saturated rings. The fourth-order valence-electron chi connectivity index (χ4n) is 2.34. The Kier molecular flexibility index (Phi) is 2.76. The van der Waals surface area contributed by atoms with Crippen molar-refractivity contribution >= 4 is 11.8 Å². The lowest BCUT2D eigenvalue weighted by Gasteiger charge is -2.11.